The van der Waals surface area contributed by atoms with E-state index in [9.17, 15) is 0 Å². The van der Waals surface area contributed by atoms with E-state index in [2.05, 4.69) is 61.2 Å². The minimum Gasteiger partial charge on any atom is -0.290 e. The molecule has 0 N–H and O–H groups in total. The molecule has 1 aromatic carbocycles. The maximum absolute atomic E-state index is 2.55. The summed E-state index contributed by atoms with van der Waals surface area (Å²) in [7, 11) is 0. The standard InChI is InChI=1S/C14H19N/c1-12-8-6-7-11-15(12)13(2)14-9-4-3-5-10-14/h3-6,8-10,12-13H,7,11H2,1-2H3/t12-,13+/m1/s1. The van der Waals surface area contributed by atoms with Gasteiger partial charge in [-0.3, -0.25) is 4.90 Å². The van der Waals surface area contributed by atoms with Gasteiger partial charge in [-0.05, 0) is 25.8 Å². The van der Waals surface area contributed by atoms with E-state index in [0.717, 1.165) is 0 Å². The third-order valence-corrected chi connectivity index (χ3v) is 3.27. The van der Waals surface area contributed by atoms with Crippen LogP contribution in [-0.2, 0) is 0 Å². The van der Waals surface area contributed by atoms with Gasteiger partial charge in [0.2, 0.25) is 0 Å². The lowest BCUT2D eigenvalue weighted by Crippen LogP contribution is -2.36. The second kappa shape index (κ2) is 4.63. The van der Waals surface area contributed by atoms with Gasteiger partial charge in [-0.1, -0.05) is 42.5 Å². The smallest absolute Gasteiger partial charge is 0.0325 e. The second-order valence-electron chi connectivity index (χ2n) is 4.28. The van der Waals surface area contributed by atoms with E-state index in [4.69, 9.17) is 0 Å². The first-order chi connectivity index (χ1) is 7.29. The molecule has 0 fully saturated rings. The molecule has 0 saturated carbocycles. The van der Waals surface area contributed by atoms with Crippen LogP contribution < -0.4 is 0 Å². The van der Waals surface area contributed by atoms with Gasteiger partial charge in [0, 0.05) is 18.6 Å². The van der Waals surface area contributed by atoms with Gasteiger partial charge < -0.3 is 0 Å². The van der Waals surface area contributed by atoms with E-state index in [0.29, 0.717) is 12.1 Å². The van der Waals surface area contributed by atoms with Crippen LogP contribution in [0.15, 0.2) is 42.5 Å². The van der Waals surface area contributed by atoms with Crippen LogP contribution in [0.2, 0.25) is 0 Å². The first-order valence-electron chi connectivity index (χ1n) is 5.76. The zero-order valence-electron chi connectivity index (χ0n) is 9.56. The van der Waals surface area contributed by atoms with Crippen LogP contribution in [0.4, 0.5) is 0 Å². The summed E-state index contributed by atoms with van der Waals surface area (Å²) < 4.78 is 0. The fourth-order valence-electron chi connectivity index (χ4n) is 2.30. The average Bonchev–Trinajstić information content (AvgIpc) is 2.30. The Bertz CT molecular complexity index is 328. The predicted molar refractivity (Wildman–Crippen MR) is 64.8 cm³/mol. The van der Waals surface area contributed by atoms with Crippen molar-refractivity contribution in [3.63, 3.8) is 0 Å². The molecular formula is C14H19N. The number of hydrogen-bond acceptors (Lipinski definition) is 1. The van der Waals surface area contributed by atoms with Crippen molar-refractivity contribution < 1.29 is 0 Å². The SMILES string of the molecule is C[C@@H]1C=CCCN1[C@@H](C)c1ccccc1. The highest BCUT2D eigenvalue weighted by molar-refractivity contribution is 5.19. The topological polar surface area (TPSA) is 3.24 Å². The molecule has 2 atom stereocenters. The summed E-state index contributed by atoms with van der Waals surface area (Å²) in [5, 5.41) is 0. The van der Waals surface area contributed by atoms with Crippen LogP contribution in [0.5, 0.6) is 0 Å². The van der Waals surface area contributed by atoms with Crippen molar-refractivity contribution in [2.45, 2.75) is 32.4 Å². The Morgan fingerprint density at radius 2 is 2.00 bits per heavy atom. The lowest BCUT2D eigenvalue weighted by molar-refractivity contribution is 0.176. The van der Waals surface area contributed by atoms with E-state index < -0.39 is 0 Å². The Morgan fingerprint density at radius 3 is 2.67 bits per heavy atom. The summed E-state index contributed by atoms with van der Waals surface area (Å²) in [6, 6.07) is 11.8. The number of hydrogen-bond donors (Lipinski definition) is 0. The number of nitrogens with zero attached hydrogens (tertiary/aromatic N) is 1. The fourth-order valence-corrected chi connectivity index (χ4v) is 2.30. The molecule has 0 radical (unpaired) electrons. The van der Waals surface area contributed by atoms with E-state index in [1.54, 1.807) is 0 Å². The van der Waals surface area contributed by atoms with Crippen molar-refractivity contribution in [3.8, 4) is 0 Å². The van der Waals surface area contributed by atoms with E-state index >= 15 is 0 Å². The molecular weight excluding hydrogens is 182 g/mol. The van der Waals surface area contributed by atoms with Crippen molar-refractivity contribution in [2.24, 2.45) is 0 Å². The zero-order chi connectivity index (χ0) is 10.7. The summed E-state index contributed by atoms with van der Waals surface area (Å²) in [5.41, 5.74) is 1.42. The average molecular weight is 201 g/mol. The highest BCUT2D eigenvalue weighted by Gasteiger charge is 2.20. The quantitative estimate of drug-likeness (QED) is 0.663. The molecule has 1 aromatic rings. The minimum atomic E-state index is 0.520. The highest BCUT2D eigenvalue weighted by Crippen LogP contribution is 2.24. The molecule has 1 aliphatic heterocycles. The summed E-state index contributed by atoms with van der Waals surface area (Å²) in [5.74, 6) is 0. The zero-order valence-corrected chi connectivity index (χ0v) is 9.56. The van der Waals surface area contributed by atoms with Crippen molar-refractivity contribution in [2.75, 3.05) is 6.54 Å². The second-order valence-corrected chi connectivity index (χ2v) is 4.28. The van der Waals surface area contributed by atoms with Crippen molar-refractivity contribution >= 4 is 0 Å². The maximum atomic E-state index is 2.55. The van der Waals surface area contributed by atoms with Crippen molar-refractivity contribution in [1.29, 1.82) is 0 Å². The molecule has 0 unspecified atom stereocenters. The lowest BCUT2D eigenvalue weighted by atomic mass is 10.0. The van der Waals surface area contributed by atoms with Gasteiger partial charge >= 0.3 is 0 Å². The van der Waals surface area contributed by atoms with Gasteiger partial charge in [0.05, 0.1) is 0 Å². The third-order valence-electron chi connectivity index (χ3n) is 3.27. The van der Waals surface area contributed by atoms with Gasteiger partial charge in [0.25, 0.3) is 0 Å². The van der Waals surface area contributed by atoms with Crippen LogP contribution in [0.3, 0.4) is 0 Å². The van der Waals surface area contributed by atoms with E-state index in [1.165, 1.54) is 18.5 Å². The van der Waals surface area contributed by atoms with Crippen LogP contribution in [0, 0.1) is 0 Å². The summed E-state index contributed by atoms with van der Waals surface area (Å²) in [6.45, 7) is 5.74. The highest BCUT2D eigenvalue weighted by atomic mass is 15.2. The molecule has 80 valence electrons. The van der Waals surface area contributed by atoms with Crippen molar-refractivity contribution in [3.05, 3.63) is 48.0 Å². The molecule has 15 heavy (non-hydrogen) atoms. The molecule has 1 heterocycles. The fraction of sp³-hybridized carbons (Fsp3) is 0.429. The molecule has 0 spiro atoms. The minimum absolute atomic E-state index is 0.520. The largest absolute Gasteiger partial charge is 0.290 e. The molecule has 2 rings (SSSR count). The van der Waals surface area contributed by atoms with Gasteiger partial charge in [-0.2, -0.15) is 0 Å². The normalized spacial score (nSPS) is 24.0. The van der Waals surface area contributed by atoms with Crippen LogP contribution in [-0.4, -0.2) is 17.5 Å². The molecule has 0 aromatic heterocycles. The van der Waals surface area contributed by atoms with Crippen molar-refractivity contribution in [1.82, 2.24) is 4.90 Å². The number of rotatable bonds is 2. The van der Waals surface area contributed by atoms with Gasteiger partial charge in [0.1, 0.15) is 0 Å². The van der Waals surface area contributed by atoms with Crippen LogP contribution >= 0.6 is 0 Å². The molecule has 1 nitrogen and oxygen atoms in total. The molecule has 0 amide bonds. The molecule has 0 saturated heterocycles. The summed E-state index contributed by atoms with van der Waals surface area (Å²) in [6.07, 6.45) is 5.78. The summed E-state index contributed by atoms with van der Waals surface area (Å²) in [4.78, 5) is 2.55. The monoisotopic (exact) mass is 201 g/mol. The molecule has 0 aliphatic carbocycles. The Kier molecular flexibility index (Phi) is 3.22. The van der Waals surface area contributed by atoms with Crippen LogP contribution in [0.25, 0.3) is 0 Å². The Morgan fingerprint density at radius 1 is 1.27 bits per heavy atom. The Hall–Kier alpha value is -1.08. The predicted octanol–water partition coefficient (Wildman–Crippen LogP) is 3.40. The first kappa shape index (κ1) is 10.4. The maximum Gasteiger partial charge on any atom is 0.0325 e. The molecule has 0 bridgehead atoms. The third kappa shape index (κ3) is 2.29. The van der Waals surface area contributed by atoms with Crippen LogP contribution in [0.1, 0.15) is 31.9 Å². The lowest BCUT2D eigenvalue weighted by Gasteiger charge is -2.35. The van der Waals surface area contributed by atoms with Gasteiger partial charge in [0.15, 0.2) is 0 Å². The van der Waals surface area contributed by atoms with Gasteiger partial charge in [-0.25, -0.2) is 0 Å². The van der Waals surface area contributed by atoms with E-state index in [1.807, 2.05) is 0 Å². The Balaban J connectivity index is 2.14. The first-order valence-corrected chi connectivity index (χ1v) is 5.76. The van der Waals surface area contributed by atoms with E-state index in [-0.39, 0.29) is 0 Å². The number of benzene rings is 1. The summed E-state index contributed by atoms with van der Waals surface area (Å²) >= 11 is 0. The van der Waals surface area contributed by atoms with Gasteiger partial charge in [-0.15, -0.1) is 0 Å². The Labute approximate surface area is 92.4 Å². The molecule has 1 aliphatic rings. The molecule has 1 heteroatoms.